The molecular weight excluding hydrogens is 266 g/mol. The van der Waals surface area contributed by atoms with E-state index in [2.05, 4.69) is 29.4 Å². The van der Waals surface area contributed by atoms with Crippen LogP contribution in [0.25, 0.3) is 0 Å². The maximum Gasteiger partial charge on any atom is 0.236 e. The summed E-state index contributed by atoms with van der Waals surface area (Å²) in [4.78, 5) is 4.12. The minimum absolute atomic E-state index is 0.199. The largest absolute Gasteiger partial charge is 0.483 e. The predicted octanol–water partition coefficient (Wildman–Crippen LogP) is 3.48. The van der Waals surface area contributed by atoms with E-state index in [1.165, 1.54) is 5.56 Å². The van der Waals surface area contributed by atoms with Crippen LogP contribution < -0.4 is 10.1 Å². The van der Waals surface area contributed by atoms with Crippen molar-refractivity contribution in [2.45, 2.75) is 34.3 Å². The average molecular weight is 285 g/mol. The van der Waals surface area contributed by atoms with Gasteiger partial charge in [-0.2, -0.15) is 10.2 Å². The molecule has 0 fully saturated rings. The van der Waals surface area contributed by atoms with E-state index in [0.717, 1.165) is 16.9 Å². The summed E-state index contributed by atoms with van der Waals surface area (Å²) < 4.78 is 11.3. The Kier molecular flexibility index (Phi) is 4.49. The number of ether oxygens (including phenoxy) is 1. The number of aryl methyl sites for hydroxylation is 3. The maximum absolute atomic E-state index is 9.01. The molecule has 110 valence electrons. The third-order valence-electron chi connectivity index (χ3n) is 3.06. The Morgan fingerprint density at radius 3 is 2.52 bits per heavy atom. The lowest BCUT2D eigenvalue weighted by Crippen LogP contribution is -2.00. The minimum Gasteiger partial charge on any atom is -0.483 e. The molecule has 1 aromatic carbocycles. The van der Waals surface area contributed by atoms with Crippen LogP contribution in [-0.4, -0.2) is 11.5 Å². The molecule has 0 unspecified atom stereocenters. The first-order chi connectivity index (χ1) is 10.0. The summed E-state index contributed by atoms with van der Waals surface area (Å²) in [6, 6.07) is 6.15. The first kappa shape index (κ1) is 14.9. The first-order valence-corrected chi connectivity index (χ1v) is 6.89. The SMILES string of the molecule is CCNc1oc(COc2c(C)cc(C)cc2C)nc1C#N. The lowest BCUT2D eigenvalue weighted by Gasteiger charge is -2.11. The fourth-order valence-electron chi connectivity index (χ4n) is 2.31. The second-order valence-corrected chi connectivity index (χ2v) is 4.94. The molecule has 2 aromatic rings. The highest BCUT2D eigenvalue weighted by Crippen LogP contribution is 2.26. The van der Waals surface area contributed by atoms with Crippen molar-refractivity contribution in [3.05, 3.63) is 40.4 Å². The summed E-state index contributed by atoms with van der Waals surface area (Å²) >= 11 is 0. The number of anilines is 1. The van der Waals surface area contributed by atoms with Gasteiger partial charge in [0.1, 0.15) is 11.8 Å². The molecule has 21 heavy (non-hydrogen) atoms. The molecular formula is C16H19N3O2. The van der Waals surface area contributed by atoms with Crippen LogP contribution in [-0.2, 0) is 6.61 Å². The minimum atomic E-state index is 0.199. The Bertz CT molecular complexity index is 660. The molecule has 5 heteroatoms. The molecule has 0 spiro atoms. The lowest BCUT2D eigenvalue weighted by molar-refractivity contribution is 0.261. The van der Waals surface area contributed by atoms with E-state index in [1.807, 2.05) is 26.8 Å². The highest BCUT2D eigenvalue weighted by Gasteiger charge is 2.13. The summed E-state index contributed by atoms with van der Waals surface area (Å²) in [6.45, 7) is 8.87. The van der Waals surface area contributed by atoms with E-state index in [0.29, 0.717) is 18.3 Å². The monoisotopic (exact) mass is 285 g/mol. The van der Waals surface area contributed by atoms with Gasteiger partial charge in [0.15, 0.2) is 6.61 Å². The Morgan fingerprint density at radius 2 is 1.95 bits per heavy atom. The number of oxazole rings is 1. The summed E-state index contributed by atoms with van der Waals surface area (Å²) in [5, 5.41) is 12.0. The highest BCUT2D eigenvalue weighted by molar-refractivity contribution is 5.45. The van der Waals surface area contributed by atoms with Crippen molar-refractivity contribution in [1.82, 2.24) is 4.98 Å². The zero-order valence-electron chi connectivity index (χ0n) is 12.8. The van der Waals surface area contributed by atoms with Gasteiger partial charge in [-0.05, 0) is 38.8 Å². The third-order valence-corrected chi connectivity index (χ3v) is 3.06. The number of aromatic nitrogens is 1. The molecule has 0 saturated heterocycles. The molecule has 0 amide bonds. The number of nitrogens with one attached hydrogen (secondary N) is 1. The Labute approximate surface area is 124 Å². The van der Waals surface area contributed by atoms with Crippen molar-refractivity contribution in [3.63, 3.8) is 0 Å². The molecule has 1 heterocycles. The molecule has 0 atom stereocenters. The summed E-state index contributed by atoms with van der Waals surface area (Å²) in [5.74, 6) is 1.63. The number of nitrogens with zero attached hydrogens (tertiary/aromatic N) is 2. The normalized spacial score (nSPS) is 10.2. The van der Waals surface area contributed by atoms with E-state index >= 15 is 0 Å². The number of hydrogen-bond donors (Lipinski definition) is 1. The molecule has 0 aliphatic heterocycles. The van der Waals surface area contributed by atoms with Gasteiger partial charge < -0.3 is 14.5 Å². The number of rotatable bonds is 5. The molecule has 1 aromatic heterocycles. The van der Waals surface area contributed by atoms with Gasteiger partial charge in [0.05, 0.1) is 0 Å². The van der Waals surface area contributed by atoms with E-state index in [9.17, 15) is 0 Å². The molecule has 5 nitrogen and oxygen atoms in total. The maximum atomic E-state index is 9.01. The van der Waals surface area contributed by atoms with Gasteiger partial charge in [-0.1, -0.05) is 17.7 Å². The molecule has 0 radical (unpaired) electrons. The van der Waals surface area contributed by atoms with Crippen LogP contribution >= 0.6 is 0 Å². The quantitative estimate of drug-likeness (QED) is 0.910. The van der Waals surface area contributed by atoms with Crippen molar-refractivity contribution < 1.29 is 9.15 Å². The van der Waals surface area contributed by atoms with Crippen LogP contribution in [0.3, 0.4) is 0 Å². The summed E-state index contributed by atoms with van der Waals surface area (Å²) in [7, 11) is 0. The Morgan fingerprint density at radius 1 is 1.29 bits per heavy atom. The van der Waals surface area contributed by atoms with Crippen LogP contribution in [0.5, 0.6) is 5.75 Å². The molecule has 2 rings (SSSR count). The van der Waals surface area contributed by atoms with Crippen molar-refractivity contribution in [2.75, 3.05) is 11.9 Å². The van der Waals surface area contributed by atoms with Crippen LogP contribution in [0.4, 0.5) is 5.88 Å². The zero-order valence-corrected chi connectivity index (χ0v) is 12.8. The van der Waals surface area contributed by atoms with Crippen LogP contribution in [0, 0.1) is 32.1 Å². The second kappa shape index (κ2) is 6.31. The number of nitriles is 1. The van der Waals surface area contributed by atoms with E-state index < -0.39 is 0 Å². The van der Waals surface area contributed by atoms with Gasteiger partial charge in [-0.25, -0.2) is 0 Å². The van der Waals surface area contributed by atoms with Gasteiger partial charge in [0.2, 0.25) is 17.5 Å². The third kappa shape index (κ3) is 3.34. The van der Waals surface area contributed by atoms with Gasteiger partial charge in [0, 0.05) is 6.54 Å². The fraction of sp³-hybridized carbons (Fsp3) is 0.375. The van der Waals surface area contributed by atoms with Gasteiger partial charge in [-0.15, -0.1) is 0 Å². The molecule has 0 aliphatic rings. The van der Waals surface area contributed by atoms with E-state index in [4.69, 9.17) is 14.4 Å². The lowest BCUT2D eigenvalue weighted by atomic mass is 10.1. The van der Waals surface area contributed by atoms with E-state index in [-0.39, 0.29) is 12.3 Å². The number of benzene rings is 1. The summed E-state index contributed by atoms with van der Waals surface area (Å²) in [6.07, 6.45) is 0. The second-order valence-electron chi connectivity index (χ2n) is 4.94. The van der Waals surface area contributed by atoms with Gasteiger partial charge in [-0.3, -0.25) is 0 Å². The predicted molar refractivity (Wildman–Crippen MR) is 80.4 cm³/mol. The van der Waals surface area contributed by atoms with Gasteiger partial charge in [0.25, 0.3) is 0 Å². The van der Waals surface area contributed by atoms with Crippen molar-refractivity contribution >= 4 is 5.88 Å². The van der Waals surface area contributed by atoms with Crippen LogP contribution in [0.2, 0.25) is 0 Å². The topological polar surface area (TPSA) is 71.1 Å². The standard InChI is InChI=1S/C16H19N3O2/c1-5-18-16-13(8-17)19-14(21-16)9-20-15-11(3)6-10(2)7-12(15)4/h6-7,18H,5,9H2,1-4H3. The first-order valence-electron chi connectivity index (χ1n) is 6.89. The molecule has 1 N–H and O–H groups in total. The zero-order chi connectivity index (χ0) is 15.4. The smallest absolute Gasteiger partial charge is 0.236 e. The highest BCUT2D eigenvalue weighted by atomic mass is 16.5. The summed E-state index contributed by atoms with van der Waals surface area (Å²) in [5.41, 5.74) is 3.61. The fourth-order valence-corrected chi connectivity index (χ4v) is 2.31. The molecule has 0 bridgehead atoms. The average Bonchev–Trinajstić information content (AvgIpc) is 2.80. The van der Waals surface area contributed by atoms with Crippen molar-refractivity contribution in [1.29, 1.82) is 5.26 Å². The van der Waals surface area contributed by atoms with Gasteiger partial charge >= 0.3 is 0 Å². The number of hydrogen-bond acceptors (Lipinski definition) is 5. The molecule has 0 saturated carbocycles. The van der Waals surface area contributed by atoms with Crippen molar-refractivity contribution in [3.8, 4) is 11.8 Å². The molecule has 0 aliphatic carbocycles. The van der Waals surface area contributed by atoms with Crippen LogP contribution in [0.15, 0.2) is 16.5 Å². The van der Waals surface area contributed by atoms with E-state index in [1.54, 1.807) is 0 Å². The van der Waals surface area contributed by atoms with Crippen molar-refractivity contribution in [2.24, 2.45) is 0 Å². The van der Waals surface area contributed by atoms with Crippen LogP contribution in [0.1, 0.15) is 35.2 Å². The Balaban J connectivity index is 2.16. The Hall–Kier alpha value is -2.48.